The molecule has 0 heterocycles. The third-order valence-corrected chi connectivity index (χ3v) is 6.34. The Bertz CT molecular complexity index is 735. The molecule has 6 nitrogen and oxygen atoms in total. The van der Waals surface area contributed by atoms with Crippen LogP contribution in [0.15, 0.2) is 18.2 Å². The van der Waals surface area contributed by atoms with Crippen molar-refractivity contribution in [2.45, 2.75) is 45.1 Å². The van der Waals surface area contributed by atoms with E-state index in [2.05, 4.69) is 17.0 Å². The lowest BCUT2D eigenvalue weighted by Crippen LogP contribution is -2.42. The quantitative estimate of drug-likeness (QED) is 0.581. The van der Waals surface area contributed by atoms with E-state index in [1.165, 1.54) is 0 Å². The minimum absolute atomic E-state index is 0.0588. The van der Waals surface area contributed by atoms with E-state index in [0.717, 1.165) is 25.7 Å². The minimum atomic E-state index is -3.62. The Morgan fingerprint density at radius 2 is 1.93 bits per heavy atom. The Labute approximate surface area is 171 Å². The molecule has 0 spiro atoms. The summed E-state index contributed by atoms with van der Waals surface area (Å²) in [7, 11) is -3.62. The number of benzene rings is 1. The highest BCUT2D eigenvalue weighted by atomic mass is 35.5. The molecule has 152 valence electrons. The molecule has 1 aromatic carbocycles. The van der Waals surface area contributed by atoms with Crippen LogP contribution in [0, 0.1) is 5.92 Å². The van der Waals surface area contributed by atoms with E-state index in [1.807, 2.05) is 0 Å². The zero-order valence-electron chi connectivity index (χ0n) is 15.3. The number of ether oxygens (including phenoxy) is 1. The molecular formula is C18H26Cl2N2O4S. The average molecular weight is 437 g/mol. The van der Waals surface area contributed by atoms with E-state index in [9.17, 15) is 13.2 Å². The molecule has 2 rings (SSSR count). The van der Waals surface area contributed by atoms with Crippen molar-refractivity contribution in [3.05, 3.63) is 28.2 Å². The van der Waals surface area contributed by atoms with Crippen molar-refractivity contribution >= 4 is 39.1 Å². The summed E-state index contributed by atoms with van der Waals surface area (Å²) in [5, 5.41) is 3.54. The lowest BCUT2D eigenvalue weighted by molar-refractivity contribution is -0.118. The molecule has 0 aromatic heterocycles. The smallest absolute Gasteiger partial charge is 0.236 e. The fraction of sp³-hybridized carbons (Fsp3) is 0.611. The van der Waals surface area contributed by atoms with Gasteiger partial charge in [-0.05, 0) is 56.2 Å². The van der Waals surface area contributed by atoms with Gasteiger partial charge in [-0.2, -0.15) is 0 Å². The maximum absolute atomic E-state index is 12.1. The maximum atomic E-state index is 12.1. The zero-order valence-corrected chi connectivity index (χ0v) is 17.7. The van der Waals surface area contributed by atoms with Gasteiger partial charge in [-0.25, -0.2) is 13.1 Å². The maximum Gasteiger partial charge on any atom is 0.236 e. The summed E-state index contributed by atoms with van der Waals surface area (Å²) in [5.41, 5.74) is 0. The van der Waals surface area contributed by atoms with Crippen molar-refractivity contribution in [3.63, 3.8) is 0 Å². The highest BCUT2D eigenvalue weighted by molar-refractivity contribution is 7.90. The highest BCUT2D eigenvalue weighted by Gasteiger charge is 2.24. The van der Waals surface area contributed by atoms with Gasteiger partial charge in [0.25, 0.3) is 0 Å². The Hall–Kier alpha value is -1.02. The van der Waals surface area contributed by atoms with Gasteiger partial charge in [0.05, 0.1) is 11.6 Å². The van der Waals surface area contributed by atoms with E-state index in [4.69, 9.17) is 27.9 Å². The zero-order chi connectivity index (χ0) is 19.9. The molecule has 1 fully saturated rings. The number of hydrogen-bond donors (Lipinski definition) is 2. The topological polar surface area (TPSA) is 84.5 Å². The molecule has 0 bridgehead atoms. The minimum Gasteiger partial charge on any atom is -0.492 e. The van der Waals surface area contributed by atoms with Gasteiger partial charge < -0.3 is 10.1 Å². The third-order valence-electron chi connectivity index (χ3n) is 4.48. The number of hydrogen-bond acceptors (Lipinski definition) is 4. The van der Waals surface area contributed by atoms with Gasteiger partial charge in [-0.1, -0.05) is 30.1 Å². The summed E-state index contributed by atoms with van der Waals surface area (Å²) in [6.45, 7) is 2.83. The van der Waals surface area contributed by atoms with Crippen LogP contribution >= 0.6 is 23.2 Å². The summed E-state index contributed by atoms with van der Waals surface area (Å²) in [6.07, 6.45) is 4.20. The van der Waals surface area contributed by atoms with Crippen molar-refractivity contribution in [1.82, 2.24) is 10.0 Å². The van der Waals surface area contributed by atoms with Crippen molar-refractivity contribution in [2.24, 2.45) is 5.92 Å². The fourth-order valence-electron chi connectivity index (χ4n) is 2.97. The molecule has 1 saturated carbocycles. The van der Waals surface area contributed by atoms with Gasteiger partial charge in [-0.3, -0.25) is 4.79 Å². The predicted octanol–water partition coefficient (Wildman–Crippen LogP) is 3.38. The Morgan fingerprint density at radius 3 is 2.59 bits per heavy atom. The van der Waals surface area contributed by atoms with Crippen LogP contribution in [0.5, 0.6) is 5.75 Å². The van der Waals surface area contributed by atoms with E-state index < -0.39 is 21.7 Å². The molecule has 1 amide bonds. The van der Waals surface area contributed by atoms with Crippen LogP contribution in [-0.4, -0.2) is 39.3 Å². The molecule has 0 radical (unpaired) electrons. The normalized spacial score (nSPS) is 20.3. The molecule has 0 saturated heterocycles. The van der Waals surface area contributed by atoms with Gasteiger partial charge in [-0.15, -0.1) is 0 Å². The number of carbonyl (C=O) groups is 1. The van der Waals surface area contributed by atoms with Crippen LogP contribution in [0.4, 0.5) is 0 Å². The van der Waals surface area contributed by atoms with Crippen LogP contribution in [0.2, 0.25) is 10.0 Å². The average Bonchev–Trinajstić information content (AvgIpc) is 2.57. The first kappa shape index (κ1) is 22.3. The Balaban J connectivity index is 1.63. The second kappa shape index (κ2) is 10.5. The standard InChI is InChI=1S/C18H26Cl2N2O4S/c1-13-3-6-15(7-4-13)22-27(24,25)12-18(23)21-9-2-10-26-17-8-5-14(19)11-16(17)20/h5,8,11,13,15,22H,2-4,6-7,9-10,12H2,1H3,(H,21,23). The van der Waals surface area contributed by atoms with Crippen LogP contribution in [0.3, 0.4) is 0 Å². The fourth-order valence-corrected chi connectivity index (χ4v) is 4.71. The molecule has 1 aromatic rings. The van der Waals surface area contributed by atoms with E-state index >= 15 is 0 Å². The first-order valence-corrected chi connectivity index (χ1v) is 11.5. The molecule has 2 N–H and O–H groups in total. The van der Waals surface area contributed by atoms with Crippen LogP contribution in [0.1, 0.15) is 39.0 Å². The van der Waals surface area contributed by atoms with Gasteiger partial charge in [0, 0.05) is 17.6 Å². The van der Waals surface area contributed by atoms with Crippen molar-refractivity contribution in [1.29, 1.82) is 0 Å². The van der Waals surface area contributed by atoms with Gasteiger partial charge >= 0.3 is 0 Å². The molecule has 0 aliphatic heterocycles. The lowest BCUT2D eigenvalue weighted by Gasteiger charge is -2.26. The largest absolute Gasteiger partial charge is 0.492 e. The SMILES string of the molecule is CC1CCC(NS(=O)(=O)CC(=O)NCCCOc2ccc(Cl)cc2Cl)CC1. The molecule has 0 unspecified atom stereocenters. The van der Waals surface area contributed by atoms with Crippen molar-refractivity contribution < 1.29 is 17.9 Å². The van der Waals surface area contributed by atoms with E-state index in [-0.39, 0.29) is 6.04 Å². The summed E-state index contributed by atoms with van der Waals surface area (Å²) < 4.78 is 32.4. The number of halogens is 2. The van der Waals surface area contributed by atoms with Gasteiger partial charge in [0.1, 0.15) is 11.5 Å². The monoisotopic (exact) mass is 436 g/mol. The summed E-state index contributed by atoms with van der Waals surface area (Å²) in [5.74, 6) is 0.0827. The molecule has 1 aliphatic rings. The van der Waals surface area contributed by atoms with Crippen molar-refractivity contribution in [2.75, 3.05) is 18.9 Å². The number of amides is 1. The second-order valence-corrected chi connectivity index (χ2v) is 9.56. The predicted molar refractivity (Wildman–Crippen MR) is 108 cm³/mol. The van der Waals surface area contributed by atoms with Crippen LogP contribution < -0.4 is 14.8 Å². The van der Waals surface area contributed by atoms with Crippen LogP contribution in [0.25, 0.3) is 0 Å². The summed E-state index contributed by atoms with van der Waals surface area (Å²) in [4.78, 5) is 11.9. The third kappa shape index (κ3) is 8.25. The summed E-state index contributed by atoms with van der Waals surface area (Å²) >= 11 is 11.8. The first-order valence-electron chi connectivity index (χ1n) is 9.10. The Morgan fingerprint density at radius 1 is 1.22 bits per heavy atom. The number of nitrogens with one attached hydrogen (secondary N) is 2. The lowest BCUT2D eigenvalue weighted by atomic mass is 9.88. The van der Waals surface area contributed by atoms with Gasteiger partial charge in [0.15, 0.2) is 0 Å². The summed E-state index contributed by atoms with van der Waals surface area (Å²) in [6, 6.07) is 4.88. The molecule has 27 heavy (non-hydrogen) atoms. The molecular weight excluding hydrogens is 411 g/mol. The van der Waals surface area contributed by atoms with E-state index in [0.29, 0.717) is 41.3 Å². The van der Waals surface area contributed by atoms with Crippen LogP contribution in [-0.2, 0) is 14.8 Å². The molecule has 9 heteroatoms. The van der Waals surface area contributed by atoms with Crippen molar-refractivity contribution in [3.8, 4) is 5.75 Å². The number of sulfonamides is 1. The number of rotatable bonds is 9. The Kier molecular flexibility index (Phi) is 8.66. The molecule has 0 atom stereocenters. The first-order chi connectivity index (χ1) is 12.7. The highest BCUT2D eigenvalue weighted by Crippen LogP contribution is 2.27. The number of carbonyl (C=O) groups excluding carboxylic acids is 1. The van der Waals surface area contributed by atoms with Gasteiger partial charge in [0.2, 0.25) is 15.9 Å². The van der Waals surface area contributed by atoms with E-state index in [1.54, 1.807) is 18.2 Å². The molecule has 1 aliphatic carbocycles. The second-order valence-electron chi connectivity index (χ2n) is 6.96.